The van der Waals surface area contributed by atoms with Crippen LogP contribution in [0.4, 0.5) is 5.69 Å². The monoisotopic (exact) mass is 303 g/mol. The van der Waals surface area contributed by atoms with Gasteiger partial charge in [0.1, 0.15) is 13.2 Å². The van der Waals surface area contributed by atoms with Crippen LogP contribution < -0.4 is 14.8 Å². The van der Waals surface area contributed by atoms with Gasteiger partial charge in [0.05, 0.1) is 10.7 Å². The Morgan fingerprint density at radius 3 is 2.52 bits per heavy atom. The van der Waals surface area contributed by atoms with E-state index in [-0.39, 0.29) is 5.91 Å². The number of amides is 1. The minimum absolute atomic E-state index is 0.202. The summed E-state index contributed by atoms with van der Waals surface area (Å²) < 4.78 is 10.9. The number of ether oxygens (including phenoxy) is 2. The molecule has 0 saturated heterocycles. The van der Waals surface area contributed by atoms with Gasteiger partial charge in [-0.15, -0.1) is 0 Å². The summed E-state index contributed by atoms with van der Waals surface area (Å²) in [5, 5.41) is 3.23. The SMILES string of the molecule is Cc1ccccc1C(=O)Nc1cc2c(cc1Cl)OCCO2. The van der Waals surface area contributed by atoms with E-state index in [1.807, 2.05) is 25.1 Å². The van der Waals surface area contributed by atoms with E-state index < -0.39 is 0 Å². The van der Waals surface area contributed by atoms with Crippen molar-refractivity contribution in [2.75, 3.05) is 18.5 Å². The van der Waals surface area contributed by atoms with Crippen molar-refractivity contribution in [3.8, 4) is 11.5 Å². The highest BCUT2D eigenvalue weighted by atomic mass is 35.5. The van der Waals surface area contributed by atoms with Gasteiger partial charge < -0.3 is 14.8 Å². The lowest BCUT2D eigenvalue weighted by Gasteiger charge is -2.20. The summed E-state index contributed by atoms with van der Waals surface area (Å²) in [7, 11) is 0. The lowest BCUT2D eigenvalue weighted by molar-refractivity contribution is 0.102. The molecule has 0 fully saturated rings. The largest absolute Gasteiger partial charge is 0.486 e. The van der Waals surface area contributed by atoms with Crippen molar-refractivity contribution < 1.29 is 14.3 Å². The molecule has 0 radical (unpaired) electrons. The molecule has 1 N–H and O–H groups in total. The van der Waals surface area contributed by atoms with Gasteiger partial charge in [-0.25, -0.2) is 0 Å². The molecule has 0 unspecified atom stereocenters. The average molecular weight is 304 g/mol. The number of nitrogens with one attached hydrogen (secondary N) is 1. The van der Waals surface area contributed by atoms with E-state index in [1.165, 1.54) is 0 Å². The van der Waals surface area contributed by atoms with E-state index in [9.17, 15) is 4.79 Å². The Morgan fingerprint density at radius 2 is 1.81 bits per heavy atom. The van der Waals surface area contributed by atoms with Gasteiger partial charge in [0, 0.05) is 17.7 Å². The van der Waals surface area contributed by atoms with Crippen LogP contribution in [0, 0.1) is 6.92 Å². The predicted molar refractivity (Wildman–Crippen MR) is 81.6 cm³/mol. The fraction of sp³-hybridized carbons (Fsp3) is 0.188. The van der Waals surface area contributed by atoms with E-state index in [0.717, 1.165) is 5.56 Å². The minimum atomic E-state index is -0.202. The number of aryl methyl sites for hydroxylation is 1. The number of anilines is 1. The number of carbonyl (C=O) groups excluding carboxylic acids is 1. The van der Waals surface area contributed by atoms with Crippen LogP contribution in [0.5, 0.6) is 11.5 Å². The number of hydrogen-bond donors (Lipinski definition) is 1. The lowest BCUT2D eigenvalue weighted by atomic mass is 10.1. The van der Waals surface area contributed by atoms with Crippen molar-refractivity contribution in [2.24, 2.45) is 0 Å². The molecule has 0 aromatic heterocycles. The molecule has 1 aliphatic heterocycles. The second-order valence-electron chi connectivity index (χ2n) is 4.74. The Kier molecular flexibility index (Phi) is 3.71. The highest BCUT2D eigenvalue weighted by molar-refractivity contribution is 6.34. The van der Waals surface area contributed by atoms with Gasteiger partial charge in [-0.3, -0.25) is 4.79 Å². The number of carbonyl (C=O) groups is 1. The van der Waals surface area contributed by atoms with Crippen molar-refractivity contribution in [3.63, 3.8) is 0 Å². The molecule has 0 aliphatic carbocycles. The van der Waals surface area contributed by atoms with Gasteiger partial charge >= 0.3 is 0 Å². The molecule has 5 heteroatoms. The first-order chi connectivity index (χ1) is 10.1. The summed E-state index contributed by atoms with van der Waals surface area (Å²) in [4.78, 5) is 12.3. The maximum Gasteiger partial charge on any atom is 0.255 e. The average Bonchev–Trinajstić information content (AvgIpc) is 2.48. The number of fused-ring (bicyclic) bond motifs is 1. The first kappa shape index (κ1) is 13.8. The van der Waals surface area contributed by atoms with Crippen LogP contribution in [0.1, 0.15) is 15.9 Å². The van der Waals surface area contributed by atoms with Gasteiger partial charge in [-0.1, -0.05) is 29.8 Å². The smallest absolute Gasteiger partial charge is 0.255 e. The van der Waals surface area contributed by atoms with Gasteiger partial charge in [0.15, 0.2) is 11.5 Å². The first-order valence-electron chi connectivity index (χ1n) is 6.61. The fourth-order valence-corrected chi connectivity index (χ4v) is 2.38. The first-order valence-corrected chi connectivity index (χ1v) is 6.99. The number of halogens is 1. The third kappa shape index (κ3) is 2.81. The van der Waals surface area contributed by atoms with E-state index >= 15 is 0 Å². The Hall–Kier alpha value is -2.20. The zero-order valence-corrected chi connectivity index (χ0v) is 12.2. The van der Waals surface area contributed by atoms with Crippen LogP contribution in [0.25, 0.3) is 0 Å². The number of rotatable bonds is 2. The summed E-state index contributed by atoms with van der Waals surface area (Å²) in [6, 6.07) is 10.7. The van der Waals surface area contributed by atoms with Gasteiger partial charge in [0.25, 0.3) is 5.91 Å². The highest BCUT2D eigenvalue weighted by Gasteiger charge is 2.17. The van der Waals surface area contributed by atoms with Crippen molar-refractivity contribution in [3.05, 3.63) is 52.5 Å². The van der Waals surface area contributed by atoms with Crippen molar-refractivity contribution in [1.29, 1.82) is 0 Å². The van der Waals surface area contributed by atoms with E-state index in [4.69, 9.17) is 21.1 Å². The molecule has 0 spiro atoms. The lowest BCUT2D eigenvalue weighted by Crippen LogP contribution is -2.17. The minimum Gasteiger partial charge on any atom is -0.486 e. The molecule has 0 bridgehead atoms. The van der Waals surface area contributed by atoms with E-state index in [0.29, 0.717) is 41.0 Å². The molecule has 108 valence electrons. The standard InChI is InChI=1S/C16H14ClNO3/c1-10-4-2-3-5-11(10)16(19)18-13-9-15-14(8-12(13)17)20-6-7-21-15/h2-5,8-9H,6-7H2,1H3,(H,18,19). The zero-order chi connectivity index (χ0) is 14.8. The maximum absolute atomic E-state index is 12.3. The second-order valence-corrected chi connectivity index (χ2v) is 5.15. The van der Waals surface area contributed by atoms with Crippen LogP contribution in [0.15, 0.2) is 36.4 Å². The van der Waals surface area contributed by atoms with Crippen molar-refractivity contribution in [2.45, 2.75) is 6.92 Å². The molecule has 1 amide bonds. The topological polar surface area (TPSA) is 47.6 Å². The Balaban J connectivity index is 1.88. The summed E-state index contributed by atoms with van der Waals surface area (Å²) in [6.45, 7) is 2.87. The molecule has 2 aromatic rings. The summed E-state index contributed by atoms with van der Waals surface area (Å²) >= 11 is 6.18. The normalized spacial score (nSPS) is 12.9. The molecular weight excluding hydrogens is 290 g/mol. The Labute approximate surface area is 127 Å². The highest BCUT2D eigenvalue weighted by Crippen LogP contribution is 2.38. The third-order valence-electron chi connectivity index (χ3n) is 3.27. The van der Waals surface area contributed by atoms with Crippen molar-refractivity contribution in [1.82, 2.24) is 0 Å². The third-order valence-corrected chi connectivity index (χ3v) is 3.58. The molecule has 4 nitrogen and oxygen atoms in total. The summed E-state index contributed by atoms with van der Waals surface area (Å²) in [5.41, 5.74) is 2.03. The molecule has 1 heterocycles. The quantitative estimate of drug-likeness (QED) is 0.921. The molecule has 0 atom stereocenters. The molecule has 2 aromatic carbocycles. The van der Waals surface area contributed by atoms with E-state index in [2.05, 4.69) is 5.32 Å². The molecule has 0 saturated carbocycles. The Bertz CT molecular complexity index is 700. The van der Waals surface area contributed by atoms with Gasteiger partial charge in [-0.05, 0) is 18.6 Å². The zero-order valence-electron chi connectivity index (χ0n) is 11.5. The molecule has 21 heavy (non-hydrogen) atoms. The van der Waals surface area contributed by atoms with Crippen LogP contribution in [-0.2, 0) is 0 Å². The van der Waals surface area contributed by atoms with Gasteiger partial charge in [0.2, 0.25) is 0 Å². The Morgan fingerprint density at radius 1 is 1.14 bits per heavy atom. The van der Waals surface area contributed by atoms with Crippen molar-refractivity contribution >= 4 is 23.2 Å². The van der Waals surface area contributed by atoms with Crippen LogP contribution in [-0.4, -0.2) is 19.1 Å². The van der Waals surface area contributed by atoms with Crippen LogP contribution in [0.2, 0.25) is 5.02 Å². The molecule has 3 rings (SSSR count). The second kappa shape index (κ2) is 5.66. The van der Waals surface area contributed by atoms with Crippen LogP contribution >= 0.6 is 11.6 Å². The predicted octanol–water partition coefficient (Wildman–Crippen LogP) is 3.67. The molecule has 1 aliphatic rings. The summed E-state index contributed by atoms with van der Waals surface area (Å²) in [6.07, 6.45) is 0. The molecular formula is C16H14ClNO3. The van der Waals surface area contributed by atoms with Crippen LogP contribution in [0.3, 0.4) is 0 Å². The van der Waals surface area contributed by atoms with Gasteiger partial charge in [-0.2, -0.15) is 0 Å². The summed E-state index contributed by atoms with van der Waals surface area (Å²) in [5.74, 6) is 0.984. The number of hydrogen-bond acceptors (Lipinski definition) is 3. The number of benzene rings is 2. The van der Waals surface area contributed by atoms with E-state index in [1.54, 1.807) is 18.2 Å². The fourth-order valence-electron chi connectivity index (χ4n) is 2.18. The maximum atomic E-state index is 12.3.